The Balaban J connectivity index is 1.66. The highest BCUT2D eigenvalue weighted by atomic mass is 32.1. The molecule has 4 heteroatoms. The summed E-state index contributed by atoms with van der Waals surface area (Å²) >= 11 is 1.86. The third-order valence-electron chi connectivity index (χ3n) is 4.86. The molecule has 0 atom stereocenters. The zero-order valence-electron chi connectivity index (χ0n) is 13.5. The third-order valence-corrected chi connectivity index (χ3v) is 6.21. The summed E-state index contributed by atoms with van der Waals surface area (Å²) in [7, 11) is 0. The summed E-state index contributed by atoms with van der Waals surface area (Å²) < 4.78 is 0. The van der Waals surface area contributed by atoms with Crippen molar-refractivity contribution in [3.63, 3.8) is 0 Å². The average molecular weight is 326 g/mol. The van der Waals surface area contributed by atoms with Crippen LogP contribution in [0.5, 0.6) is 0 Å². The van der Waals surface area contributed by atoms with Crippen molar-refractivity contribution >= 4 is 22.2 Å². The number of thiophene rings is 1. The van der Waals surface area contributed by atoms with Crippen LogP contribution in [0.3, 0.4) is 0 Å². The van der Waals surface area contributed by atoms with Gasteiger partial charge in [0, 0.05) is 30.5 Å². The topological polar surface area (TPSA) is 23.6 Å². The van der Waals surface area contributed by atoms with E-state index in [0.29, 0.717) is 6.67 Å². The molecule has 1 aliphatic heterocycles. The Morgan fingerprint density at radius 3 is 2.70 bits per heavy atom. The summed E-state index contributed by atoms with van der Waals surface area (Å²) in [6.07, 6.45) is 4.96. The largest absolute Gasteiger partial charge is 0.290 e. The highest BCUT2D eigenvalue weighted by Crippen LogP contribution is 2.43. The van der Waals surface area contributed by atoms with Gasteiger partial charge in [-0.1, -0.05) is 30.3 Å². The molecule has 1 amide bonds. The lowest BCUT2D eigenvalue weighted by Crippen LogP contribution is -2.43. The van der Waals surface area contributed by atoms with Crippen molar-refractivity contribution in [1.82, 2.24) is 4.90 Å². The number of rotatable bonds is 2. The quantitative estimate of drug-likeness (QED) is 0.834. The van der Waals surface area contributed by atoms with Gasteiger partial charge in [0.05, 0.1) is 6.67 Å². The summed E-state index contributed by atoms with van der Waals surface area (Å²) in [6, 6.07) is 10.5. The number of carbonyl (C=O) groups excluding carboxylic acids is 1. The van der Waals surface area contributed by atoms with Crippen molar-refractivity contribution in [2.75, 3.05) is 11.6 Å². The van der Waals surface area contributed by atoms with E-state index in [4.69, 9.17) is 0 Å². The second kappa shape index (κ2) is 6.10. The molecule has 0 saturated heterocycles. The molecular formula is C19H22N2OS. The molecule has 0 unspecified atom stereocenters. The number of anilines is 1. The number of hydrogen-bond acceptors (Lipinski definition) is 3. The highest BCUT2D eigenvalue weighted by Gasteiger charge is 2.31. The maximum Gasteiger partial charge on any atom is 0.225 e. The molecule has 4 rings (SSSR count). The molecule has 2 aliphatic rings. The van der Waals surface area contributed by atoms with E-state index in [1.807, 2.05) is 16.2 Å². The lowest BCUT2D eigenvalue weighted by atomic mass is 9.94. The average Bonchev–Trinajstić information content (AvgIpc) is 2.93. The molecule has 120 valence electrons. The SMILES string of the molecule is CC(=O)N1CN(Cc2ccccc2)Cc2c1sc1c2CCCC1. The van der Waals surface area contributed by atoms with Gasteiger partial charge in [-0.2, -0.15) is 0 Å². The van der Waals surface area contributed by atoms with Gasteiger partial charge in [0.15, 0.2) is 0 Å². The van der Waals surface area contributed by atoms with Crippen LogP contribution in [-0.4, -0.2) is 17.5 Å². The predicted octanol–water partition coefficient (Wildman–Crippen LogP) is 3.95. The smallest absolute Gasteiger partial charge is 0.225 e. The lowest BCUT2D eigenvalue weighted by Gasteiger charge is -2.35. The molecule has 1 aromatic heterocycles. The van der Waals surface area contributed by atoms with Gasteiger partial charge < -0.3 is 0 Å². The Kier molecular flexibility index (Phi) is 3.95. The number of fused-ring (bicyclic) bond motifs is 3. The molecule has 1 aromatic carbocycles. The fraction of sp³-hybridized carbons (Fsp3) is 0.421. The molecule has 0 saturated carbocycles. The third kappa shape index (κ3) is 2.81. The predicted molar refractivity (Wildman–Crippen MR) is 94.7 cm³/mol. The van der Waals surface area contributed by atoms with Crippen LogP contribution in [0.15, 0.2) is 30.3 Å². The van der Waals surface area contributed by atoms with E-state index in [2.05, 4.69) is 35.2 Å². The molecule has 2 aromatic rings. The van der Waals surface area contributed by atoms with Gasteiger partial charge in [-0.15, -0.1) is 11.3 Å². The fourth-order valence-electron chi connectivity index (χ4n) is 3.73. The Hall–Kier alpha value is -1.65. The molecular weight excluding hydrogens is 304 g/mol. The normalized spacial score (nSPS) is 17.7. The maximum atomic E-state index is 12.2. The first-order valence-electron chi connectivity index (χ1n) is 8.40. The minimum Gasteiger partial charge on any atom is -0.290 e. The summed E-state index contributed by atoms with van der Waals surface area (Å²) in [5, 5.41) is 1.22. The molecule has 1 aliphatic carbocycles. The van der Waals surface area contributed by atoms with E-state index in [0.717, 1.165) is 13.1 Å². The first kappa shape index (κ1) is 14.9. The molecule has 3 nitrogen and oxygen atoms in total. The van der Waals surface area contributed by atoms with Gasteiger partial charge in [-0.25, -0.2) is 0 Å². The minimum absolute atomic E-state index is 0.155. The van der Waals surface area contributed by atoms with Crippen LogP contribution in [0, 0.1) is 0 Å². The number of aryl methyl sites for hydroxylation is 1. The number of carbonyl (C=O) groups is 1. The number of nitrogens with zero attached hydrogens (tertiary/aromatic N) is 2. The lowest BCUT2D eigenvalue weighted by molar-refractivity contribution is -0.117. The van der Waals surface area contributed by atoms with Crippen LogP contribution in [0.25, 0.3) is 0 Å². The van der Waals surface area contributed by atoms with Crippen LogP contribution >= 0.6 is 11.3 Å². The van der Waals surface area contributed by atoms with Crippen molar-refractivity contribution in [2.45, 2.75) is 45.7 Å². The number of amides is 1. The van der Waals surface area contributed by atoms with Gasteiger partial charge in [0.25, 0.3) is 0 Å². The van der Waals surface area contributed by atoms with E-state index in [1.54, 1.807) is 12.5 Å². The molecule has 0 radical (unpaired) electrons. The molecule has 2 heterocycles. The molecule has 0 spiro atoms. The second-order valence-electron chi connectivity index (χ2n) is 6.56. The summed E-state index contributed by atoms with van der Waals surface area (Å²) in [5.74, 6) is 0.155. The first-order chi connectivity index (χ1) is 11.2. The van der Waals surface area contributed by atoms with Crippen molar-refractivity contribution in [1.29, 1.82) is 0 Å². The fourth-order valence-corrected chi connectivity index (χ4v) is 5.16. The second-order valence-corrected chi connectivity index (χ2v) is 7.64. The maximum absolute atomic E-state index is 12.2. The van der Waals surface area contributed by atoms with E-state index in [1.165, 1.54) is 46.7 Å². The van der Waals surface area contributed by atoms with E-state index in [9.17, 15) is 4.79 Å². The van der Waals surface area contributed by atoms with Gasteiger partial charge in [0.2, 0.25) is 5.91 Å². The van der Waals surface area contributed by atoms with Crippen LogP contribution in [0.1, 0.15) is 41.3 Å². The number of hydrogen-bond donors (Lipinski definition) is 0. The highest BCUT2D eigenvalue weighted by molar-refractivity contribution is 7.16. The molecule has 0 N–H and O–H groups in total. The standard InChI is InChI=1S/C19H22N2OS/c1-14(22)21-13-20(11-15-7-3-2-4-8-15)12-17-16-9-5-6-10-18(16)23-19(17)21/h2-4,7-8H,5-6,9-13H2,1H3. The monoisotopic (exact) mass is 326 g/mol. The minimum atomic E-state index is 0.155. The summed E-state index contributed by atoms with van der Waals surface area (Å²) in [6.45, 7) is 4.26. The van der Waals surface area contributed by atoms with E-state index >= 15 is 0 Å². The summed E-state index contributed by atoms with van der Waals surface area (Å²) in [4.78, 5) is 18.1. The Bertz CT molecular complexity index is 722. The van der Waals surface area contributed by atoms with Gasteiger partial charge in [-0.05, 0) is 36.8 Å². The Morgan fingerprint density at radius 1 is 1.13 bits per heavy atom. The zero-order chi connectivity index (χ0) is 15.8. The Morgan fingerprint density at radius 2 is 1.91 bits per heavy atom. The summed E-state index contributed by atoms with van der Waals surface area (Å²) in [5.41, 5.74) is 4.27. The molecule has 23 heavy (non-hydrogen) atoms. The van der Waals surface area contributed by atoms with Crippen molar-refractivity contribution < 1.29 is 4.79 Å². The van der Waals surface area contributed by atoms with Gasteiger partial charge >= 0.3 is 0 Å². The van der Waals surface area contributed by atoms with Crippen molar-refractivity contribution in [3.8, 4) is 0 Å². The van der Waals surface area contributed by atoms with Gasteiger partial charge in [0.1, 0.15) is 5.00 Å². The number of benzene rings is 1. The zero-order valence-corrected chi connectivity index (χ0v) is 14.4. The Labute approximate surface area is 141 Å². The van der Waals surface area contributed by atoms with Crippen LogP contribution < -0.4 is 4.90 Å². The van der Waals surface area contributed by atoms with E-state index < -0.39 is 0 Å². The molecule has 0 bridgehead atoms. The van der Waals surface area contributed by atoms with Crippen molar-refractivity contribution in [2.24, 2.45) is 0 Å². The van der Waals surface area contributed by atoms with E-state index in [-0.39, 0.29) is 5.91 Å². The van der Waals surface area contributed by atoms with Crippen LogP contribution in [0.2, 0.25) is 0 Å². The first-order valence-corrected chi connectivity index (χ1v) is 9.22. The van der Waals surface area contributed by atoms with Crippen molar-refractivity contribution in [3.05, 3.63) is 51.9 Å². The van der Waals surface area contributed by atoms with Gasteiger partial charge in [-0.3, -0.25) is 14.6 Å². The molecule has 0 fully saturated rings. The van der Waals surface area contributed by atoms with Crippen LogP contribution in [-0.2, 0) is 30.7 Å². The van der Waals surface area contributed by atoms with Crippen LogP contribution in [0.4, 0.5) is 5.00 Å².